The van der Waals surface area contributed by atoms with E-state index in [1.54, 1.807) is 35.2 Å². The van der Waals surface area contributed by atoms with Crippen molar-refractivity contribution in [3.8, 4) is 0 Å². The highest BCUT2D eigenvalue weighted by Crippen LogP contribution is 2.32. The van der Waals surface area contributed by atoms with Crippen molar-refractivity contribution in [3.63, 3.8) is 0 Å². The third-order valence-electron chi connectivity index (χ3n) is 4.30. The number of benzene rings is 3. The molecule has 3 nitrogen and oxygen atoms in total. The summed E-state index contributed by atoms with van der Waals surface area (Å²) in [7, 11) is 0. The van der Waals surface area contributed by atoms with Crippen LogP contribution < -0.4 is 5.32 Å². The fourth-order valence-corrected chi connectivity index (χ4v) is 4.81. The summed E-state index contributed by atoms with van der Waals surface area (Å²) < 4.78 is 40.5. The SMILES string of the molecule is O=C(Nc1cccc(C(F)(F)F)c1)c1ccc(CSc2nc3ccccc3s2)cc1. The second kappa shape index (κ2) is 8.49. The normalized spacial score (nSPS) is 11.6. The number of thioether (sulfide) groups is 1. The molecule has 8 heteroatoms. The average molecular weight is 445 g/mol. The van der Waals surface area contributed by atoms with Crippen LogP contribution in [0.15, 0.2) is 77.1 Å². The molecule has 4 aromatic rings. The highest BCUT2D eigenvalue weighted by Gasteiger charge is 2.30. The number of carbonyl (C=O) groups is 1. The largest absolute Gasteiger partial charge is 0.416 e. The second-order valence-electron chi connectivity index (χ2n) is 6.47. The number of fused-ring (bicyclic) bond motifs is 1. The highest BCUT2D eigenvalue weighted by molar-refractivity contribution is 8.00. The number of amides is 1. The Morgan fingerprint density at radius 2 is 1.77 bits per heavy atom. The van der Waals surface area contributed by atoms with Crippen LogP contribution in [-0.4, -0.2) is 10.9 Å². The van der Waals surface area contributed by atoms with Crippen LogP contribution in [0.4, 0.5) is 18.9 Å². The van der Waals surface area contributed by atoms with E-state index in [4.69, 9.17) is 0 Å². The minimum atomic E-state index is -4.46. The average Bonchev–Trinajstić information content (AvgIpc) is 3.15. The molecule has 30 heavy (non-hydrogen) atoms. The lowest BCUT2D eigenvalue weighted by Gasteiger charge is -2.10. The molecule has 0 atom stereocenters. The van der Waals surface area contributed by atoms with Crippen LogP contribution in [0.2, 0.25) is 0 Å². The van der Waals surface area contributed by atoms with Gasteiger partial charge in [0.1, 0.15) is 0 Å². The zero-order valence-electron chi connectivity index (χ0n) is 15.4. The number of thiazole rings is 1. The van der Waals surface area contributed by atoms with Crippen molar-refractivity contribution in [1.82, 2.24) is 4.98 Å². The fraction of sp³-hybridized carbons (Fsp3) is 0.0909. The van der Waals surface area contributed by atoms with E-state index < -0.39 is 17.6 Å². The van der Waals surface area contributed by atoms with Crippen LogP contribution in [-0.2, 0) is 11.9 Å². The molecule has 0 saturated heterocycles. The van der Waals surface area contributed by atoms with Gasteiger partial charge >= 0.3 is 6.18 Å². The van der Waals surface area contributed by atoms with Gasteiger partial charge in [0.05, 0.1) is 15.8 Å². The molecule has 0 spiro atoms. The Labute approximate surface area is 179 Å². The quantitative estimate of drug-likeness (QED) is 0.342. The van der Waals surface area contributed by atoms with Gasteiger partial charge in [0, 0.05) is 17.0 Å². The van der Waals surface area contributed by atoms with Crippen molar-refractivity contribution in [1.29, 1.82) is 0 Å². The maximum Gasteiger partial charge on any atom is 0.416 e. The maximum atomic E-state index is 12.8. The molecule has 4 rings (SSSR count). The first-order chi connectivity index (χ1) is 14.4. The summed E-state index contributed by atoms with van der Waals surface area (Å²) in [6.07, 6.45) is -4.46. The first-order valence-electron chi connectivity index (χ1n) is 8.94. The smallest absolute Gasteiger partial charge is 0.322 e. The molecule has 0 saturated carbocycles. The van der Waals surface area contributed by atoms with Gasteiger partial charge in [0.25, 0.3) is 5.91 Å². The van der Waals surface area contributed by atoms with Gasteiger partial charge in [-0.05, 0) is 48.0 Å². The Morgan fingerprint density at radius 1 is 1.00 bits per heavy atom. The Morgan fingerprint density at radius 3 is 2.50 bits per heavy atom. The van der Waals surface area contributed by atoms with Crippen molar-refractivity contribution in [2.75, 3.05) is 5.32 Å². The summed E-state index contributed by atoms with van der Waals surface area (Å²) in [6, 6.07) is 19.5. The first-order valence-corrected chi connectivity index (χ1v) is 10.7. The molecule has 1 aromatic heterocycles. The predicted molar refractivity (Wildman–Crippen MR) is 115 cm³/mol. The number of carbonyl (C=O) groups excluding carboxylic acids is 1. The molecule has 1 heterocycles. The molecule has 0 aliphatic carbocycles. The van der Waals surface area contributed by atoms with E-state index >= 15 is 0 Å². The predicted octanol–water partition coefficient (Wildman–Crippen LogP) is 6.86. The van der Waals surface area contributed by atoms with E-state index in [1.807, 2.05) is 36.4 Å². The lowest BCUT2D eigenvalue weighted by molar-refractivity contribution is -0.137. The van der Waals surface area contributed by atoms with Gasteiger partial charge in [0.15, 0.2) is 4.34 Å². The Kier molecular flexibility index (Phi) is 5.78. The zero-order chi connectivity index (χ0) is 21.1. The number of alkyl halides is 3. The molecule has 0 bridgehead atoms. The van der Waals surface area contributed by atoms with Crippen LogP contribution in [0.25, 0.3) is 10.2 Å². The zero-order valence-corrected chi connectivity index (χ0v) is 17.1. The lowest BCUT2D eigenvalue weighted by atomic mass is 10.1. The second-order valence-corrected chi connectivity index (χ2v) is 8.72. The van der Waals surface area contributed by atoms with Gasteiger partial charge in [0.2, 0.25) is 0 Å². The number of aromatic nitrogens is 1. The lowest BCUT2D eigenvalue weighted by Crippen LogP contribution is -2.13. The van der Waals surface area contributed by atoms with Crippen LogP contribution >= 0.6 is 23.1 Å². The Bertz CT molecular complexity index is 1150. The van der Waals surface area contributed by atoms with Gasteiger partial charge in [-0.3, -0.25) is 4.79 Å². The van der Waals surface area contributed by atoms with E-state index in [0.29, 0.717) is 11.3 Å². The molecule has 3 aromatic carbocycles. The molecule has 0 radical (unpaired) electrons. The van der Waals surface area contributed by atoms with E-state index in [-0.39, 0.29) is 5.69 Å². The molecule has 0 unspecified atom stereocenters. The minimum absolute atomic E-state index is 0.102. The minimum Gasteiger partial charge on any atom is -0.322 e. The molecular weight excluding hydrogens is 429 g/mol. The van der Waals surface area contributed by atoms with Crippen molar-refractivity contribution in [2.24, 2.45) is 0 Å². The summed E-state index contributed by atoms with van der Waals surface area (Å²) >= 11 is 3.26. The van der Waals surface area contributed by atoms with Crippen LogP contribution in [0.5, 0.6) is 0 Å². The number of nitrogens with one attached hydrogen (secondary N) is 1. The Hall–Kier alpha value is -2.84. The van der Waals surface area contributed by atoms with Gasteiger partial charge in [-0.2, -0.15) is 13.2 Å². The summed E-state index contributed by atoms with van der Waals surface area (Å²) in [5.74, 6) is 0.245. The molecule has 0 fully saturated rings. The molecule has 0 aliphatic rings. The van der Waals surface area contributed by atoms with E-state index in [0.717, 1.165) is 32.3 Å². The highest BCUT2D eigenvalue weighted by atomic mass is 32.2. The number of para-hydroxylation sites is 1. The number of nitrogens with zero attached hydrogens (tertiary/aromatic N) is 1. The van der Waals surface area contributed by atoms with Gasteiger partial charge in [-0.15, -0.1) is 11.3 Å². The molecular formula is C22H15F3N2OS2. The molecule has 152 valence electrons. The molecule has 1 amide bonds. The number of hydrogen-bond acceptors (Lipinski definition) is 4. The van der Waals surface area contributed by atoms with E-state index in [1.165, 1.54) is 12.1 Å². The van der Waals surface area contributed by atoms with Crippen LogP contribution in [0.1, 0.15) is 21.5 Å². The fourth-order valence-electron chi connectivity index (χ4n) is 2.79. The summed E-state index contributed by atoms with van der Waals surface area (Å²) in [5.41, 5.74) is 1.68. The number of rotatable bonds is 5. The maximum absolute atomic E-state index is 12.8. The summed E-state index contributed by atoms with van der Waals surface area (Å²) in [6.45, 7) is 0. The topological polar surface area (TPSA) is 42.0 Å². The number of halogens is 3. The molecule has 1 N–H and O–H groups in total. The van der Waals surface area contributed by atoms with Crippen molar-refractivity contribution in [3.05, 3.63) is 89.5 Å². The van der Waals surface area contributed by atoms with E-state index in [9.17, 15) is 18.0 Å². The van der Waals surface area contributed by atoms with E-state index in [2.05, 4.69) is 10.3 Å². The van der Waals surface area contributed by atoms with Crippen molar-refractivity contribution < 1.29 is 18.0 Å². The summed E-state index contributed by atoms with van der Waals surface area (Å²) in [5, 5.41) is 2.51. The Balaban J connectivity index is 1.38. The van der Waals surface area contributed by atoms with Crippen LogP contribution in [0.3, 0.4) is 0 Å². The third-order valence-corrected chi connectivity index (χ3v) is 6.55. The van der Waals surface area contributed by atoms with Gasteiger partial charge in [-0.1, -0.05) is 42.1 Å². The summed E-state index contributed by atoms with van der Waals surface area (Å²) in [4.78, 5) is 16.9. The standard InChI is InChI=1S/C22H15F3N2OS2/c23-22(24,25)16-4-3-5-17(12-16)26-20(28)15-10-8-14(9-11-15)13-29-21-27-18-6-1-2-7-19(18)30-21/h1-12H,13H2,(H,26,28). The first kappa shape index (κ1) is 20.4. The number of anilines is 1. The van der Waals surface area contributed by atoms with Gasteiger partial charge in [-0.25, -0.2) is 4.98 Å². The van der Waals surface area contributed by atoms with Crippen LogP contribution in [0, 0.1) is 0 Å². The van der Waals surface area contributed by atoms with Crippen molar-refractivity contribution >= 4 is 44.9 Å². The van der Waals surface area contributed by atoms with Crippen molar-refractivity contribution in [2.45, 2.75) is 16.3 Å². The number of hydrogen-bond donors (Lipinski definition) is 1. The molecule has 0 aliphatic heterocycles. The van der Waals surface area contributed by atoms with Gasteiger partial charge < -0.3 is 5.32 Å². The monoisotopic (exact) mass is 444 g/mol. The third kappa shape index (κ3) is 4.83.